The Balaban J connectivity index is 2.09. The normalized spacial score (nSPS) is 29.4. The molecule has 0 radical (unpaired) electrons. The van der Waals surface area contributed by atoms with Gasteiger partial charge in [-0.15, -0.1) is 11.6 Å². The molecule has 0 bridgehead atoms. The molecule has 0 aromatic carbocycles. The average Bonchev–Trinajstić information content (AvgIpc) is 2.43. The molecule has 2 atom stereocenters. The molecule has 6 heteroatoms. The minimum absolute atomic E-state index is 0.242. The van der Waals surface area contributed by atoms with Crippen LogP contribution in [0.3, 0.4) is 0 Å². The summed E-state index contributed by atoms with van der Waals surface area (Å²) < 4.78 is 28.6. The molecule has 1 heterocycles. The maximum atomic E-state index is 12.7. The number of nitrogens with zero attached hydrogens (tertiary/aromatic N) is 2. The fourth-order valence-corrected chi connectivity index (χ4v) is 5.26. The van der Waals surface area contributed by atoms with E-state index in [0.29, 0.717) is 31.3 Å². The molecule has 2 fully saturated rings. The van der Waals surface area contributed by atoms with Crippen LogP contribution in [0, 0.1) is 5.92 Å². The molecule has 19 heavy (non-hydrogen) atoms. The van der Waals surface area contributed by atoms with Crippen LogP contribution in [0.1, 0.15) is 44.9 Å². The van der Waals surface area contributed by atoms with Crippen LogP contribution in [0.4, 0.5) is 0 Å². The van der Waals surface area contributed by atoms with Crippen LogP contribution in [0.15, 0.2) is 0 Å². The first-order valence-electron chi connectivity index (χ1n) is 7.36. The van der Waals surface area contributed by atoms with E-state index in [2.05, 4.69) is 0 Å². The molecule has 0 unspecified atom stereocenters. The number of alkyl halides is 1. The molecule has 0 spiro atoms. The van der Waals surface area contributed by atoms with Crippen molar-refractivity contribution < 1.29 is 8.42 Å². The summed E-state index contributed by atoms with van der Waals surface area (Å²) in [4.78, 5) is 0. The van der Waals surface area contributed by atoms with Gasteiger partial charge in [0, 0.05) is 32.1 Å². The van der Waals surface area contributed by atoms with Gasteiger partial charge in [-0.3, -0.25) is 0 Å². The first-order chi connectivity index (χ1) is 9.07. The van der Waals surface area contributed by atoms with Gasteiger partial charge in [-0.25, -0.2) is 0 Å². The second-order valence-electron chi connectivity index (χ2n) is 5.74. The van der Waals surface area contributed by atoms with Crippen molar-refractivity contribution in [3.63, 3.8) is 0 Å². The van der Waals surface area contributed by atoms with E-state index in [0.717, 1.165) is 12.8 Å². The third kappa shape index (κ3) is 3.43. The Kier molecular flexibility index (Phi) is 5.52. The maximum absolute atomic E-state index is 12.7. The van der Waals surface area contributed by atoms with Crippen LogP contribution >= 0.6 is 11.6 Å². The van der Waals surface area contributed by atoms with E-state index in [1.54, 1.807) is 11.4 Å². The first-order valence-corrected chi connectivity index (χ1v) is 9.29. The largest absolute Gasteiger partial charge is 0.281 e. The van der Waals surface area contributed by atoms with Gasteiger partial charge in [0.1, 0.15) is 0 Å². The molecular formula is C13H25ClN2O2S. The van der Waals surface area contributed by atoms with E-state index in [1.807, 2.05) is 0 Å². The van der Waals surface area contributed by atoms with Gasteiger partial charge in [-0.05, 0) is 38.0 Å². The highest BCUT2D eigenvalue weighted by Gasteiger charge is 2.40. The SMILES string of the molecule is CN(CCCCl)S(=O)(=O)N1CCC[C@H]2CCCC[C@H]21. The zero-order valence-corrected chi connectivity index (χ0v) is 13.3. The Hall–Kier alpha value is 0.160. The number of hydrogen-bond acceptors (Lipinski definition) is 2. The van der Waals surface area contributed by atoms with Crippen molar-refractivity contribution in [2.75, 3.05) is 26.0 Å². The van der Waals surface area contributed by atoms with E-state index in [9.17, 15) is 8.42 Å². The summed E-state index contributed by atoms with van der Waals surface area (Å²) in [6.45, 7) is 1.20. The van der Waals surface area contributed by atoms with E-state index in [1.165, 1.54) is 30.0 Å². The number of hydrogen-bond donors (Lipinski definition) is 0. The predicted molar refractivity (Wildman–Crippen MR) is 78.6 cm³/mol. The quantitative estimate of drug-likeness (QED) is 0.732. The smallest absolute Gasteiger partial charge is 0.195 e. The molecule has 0 aromatic heterocycles. The molecule has 0 N–H and O–H groups in total. The third-order valence-corrected chi connectivity index (χ3v) is 6.77. The van der Waals surface area contributed by atoms with Crippen molar-refractivity contribution in [1.82, 2.24) is 8.61 Å². The summed E-state index contributed by atoms with van der Waals surface area (Å²) in [5.74, 6) is 1.09. The minimum atomic E-state index is -3.30. The number of rotatable bonds is 5. The monoisotopic (exact) mass is 308 g/mol. The Labute approximate surface area is 122 Å². The van der Waals surface area contributed by atoms with Crippen LogP contribution in [0.25, 0.3) is 0 Å². The molecule has 2 rings (SSSR count). The van der Waals surface area contributed by atoms with E-state index < -0.39 is 10.2 Å². The topological polar surface area (TPSA) is 40.6 Å². The van der Waals surface area contributed by atoms with Gasteiger partial charge in [0.2, 0.25) is 0 Å². The van der Waals surface area contributed by atoms with Crippen LogP contribution in [0.2, 0.25) is 0 Å². The second-order valence-corrected chi connectivity index (χ2v) is 8.10. The van der Waals surface area contributed by atoms with Crippen LogP contribution < -0.4 is 0 Å². The summed E-state index contributed by atoms with van der Waals surface area (Å²) in [6, 6.07) is 0.242. The van der Waals surface area contributed by atoms with Gasteiger partial charge >= 0.3 is 0 Å². The van der Waals surface area contributed by atoms with Gasteiger partial charge in [0.05, 0.1) is 0 Å². The van der Waals surface area contributed by atoms with E-state index in [-0.39, 0.29) is 6.04 Å². The van der Waals surface area contributed by atoms with Gasteiger partial charge in [0.15, 0.2) is 0 Å². The van der Waals surface area contributed by atoms with Crippen molar-refractivity contribution in [2.45, 2.75) is 51.0 Å². The molecule has 4 nitrogen and oxygen atoms in total. The van der Waals surface area contributed by atoms with Gasteiger partial charge in [0.25, 0.3) is 10.2 Å². The Morgan fingerprint density at radius 2 is 1.89 bits per heavy atom. The highest BCUT2D eigenvalue weighted by molar-refractivity contribution is 7.86. The number of halogens is 1. The highest BCUT2D eigenvalue weighted by atomic mass is 35.5. The zero-order chi connectivity index (χ0) is 13.9. The number of fused-ring (bicyclic) bond motifs is 1. The van der Waals surface area contributed by atoms with E-state index in [4.69, 9.17) is 11.6 Å². The molecular weight excluding hydrogens is 284 g/mol. The van der Waals surface area contributed by atoms with Crippen molar-refractivity contribution in [3.8, 4) is 0 Å². The van der Waals surface area contributed by atoms with Gasteiger partial charge < -0.3 is 0 Å². The van der Waals surface area contributed by atoms with Crippen molar-refractivity contribution in [3.05, 3.63) is 0 Å². The minimum Gasteiger partial charge on any atom is -0.195 e. The maximum Gasteiger partial charge on any atom is 0.281 e. The third-order valence-electron chi connectivity index (χ3n) is 4.49. The molecule has 1 aliphatic carbocycles. The lowest BCUT2D eigenvalue weighted by molar-refractivity contribution is 0.123. The summed E-state index contributed by atoms with van der Waals surface area (Å²) in [6.07, 6.45) is 7.57. The van der Waals surface area contributed by atoms with E-state index >= 15 is 0 Å². The second kappa shape index (κ2) is 6.74. The molecule has 1 aliphatic heterocycles. The Bertz CT molecular complexity index is 386. The summed E-state index contributed by atoms with van der Waals surface area (Å²) in [5.41, 5.74) is 0. The van der Waals surface area contributed by atoms with Gasteiger partial charge in [-0.2, -0.15) is 17.0 Å². The molecule has 0 aromatic rings. The van der Waals surface area contributed by atoms with Crippen molar-refractivity contribution >= 4 is 21.8 Å². The Morgan fingerprint density at radius 3 is 2.63 bits per heavy atom. The van der Waals surface area contributed by atoms with Gasteiger partial charge in [-0.1, -0.05) is 12.8 Å². The average molecular weight is 309 g/mol. The lowest BCUT2D eigenvalue weighted by atomic mass is 9.79. The highest BCUT2D eigenvalue weighted by Crippen LogP contribution is 2.37. The molecule has 1 saturated carbocycles. The fraction of sp³-hybridized carbons (Fsp3) is 1.00. The first kappa shape index (κ1) is 15.5. The van der Waals surface area contributed by atoms with Crippen molar-refractivity contribution in [2.24, 2.45) is 5.92 Å². The van der Waals surface area contributed by atoms with Crippen LogP contribution in [0.5, 0.6) is 0 Å². The standard InChI is InChI=1S/C13H25ClN2O2S/c1-15(10-5-9-14)19(17,18)16-11-4-7-12-6-2-3-8-13(12)16/h12-13H,2-11H2,1H3/t12-,13-/m1/s1. The zero-order valence-electron chi connectivity index (χ0n) is 11.7. The summed E-state index contributed by atoms with van der Waals surface area (Å²) in [5, 5.41) is 0. The molecule has 0 amide bonds. The lowest BCUT2D eigenvalue weighted by Gasteiger charge is -2.44. The fourth-order valence-electron chi connectivity index (χ4n) is 3.44. The summed E-state index contributed by atoms with van der Waals surface area (Å²) >= 11 is 5.66. The van der Waals surface area contributed by atoms with Crippen molar-refractivity contribution in [1.29, 1.82) is 0 Å². The predicted octanol–water partition coefficient (Wildman–Crippen LogP) is 2.45. The lowest BCUT2D eigenvalue weighted by Crippen LogP contribution is -2.53. The number of piperidine rings is 1. The summed E-state index contributed by atoms with van der Waals surface area (Å²) in [7, 11) is -1.62. The van der Waals surface area contributed by atoms with Crippen LogP contribution in [-0.2, 0) is 10.2 Å². The molecule has 112 valence electrons. The molecule has 1 saturated heterocycles. The molecule has 2 aliphatic rings. The Morgan fingerprint density at radius 1 is 1.21 bits per heavy atom. The van der Waals surface area contributed by atoms with Crippen LogP contribution in [-0.4, -0.2) is 49.1 Å².